The molecule has 4 heteroatoms. The lowest BCUT2D eigenvalue weighted by Crippen LogP contribution is -2.41. The maximum atomic E-state index is 6.17. The van der Waals surface area contributed by atoms with Crippen LogP contribution in [0, 0.1) is 6.92 Å². The number of aromatic nitrogens is 1. The summed E-state index contributed by atoms with van der Waals surface area (Å²) < 4.78 is 12.3. The van der Waals surface area contributed by atoms with Crippen molar-refractivity contribution in [3.8, 4) is 0 Å². The number of rotatable bonds is 3. The summed E-state index contributed by atoms with van der Waals surface area (Å²) in [5.74, 6) is 0. The molecule has 1 aliphatic carbocycles. The zero-order valence-electron chi connectivity index (χ0n) is 21.1. The van der Waals surface area contributed by atoms with E-state index in [2.05, 4.69) is 93.2 Å². The Kier molecular flexibility index (Phi) is 5.15. The molecule has 1 aromatic heterocycles. The second kappa shape index (κ2) is 7.17. The Bertz CT molecular complexity index is 1090. The fourth-order valence-electron chi connectivity index (χ4n) is 4.54. The molecule has 0 spiro atoms. The summed E-state index contributed by atoms with van der Waals surface area (Å²) in [6.07, 6.45) is 6.51. The Hall–Kier alpha value is -2.17. The van der Waals surface area contributed by atoms with Crippen LogP contribution in [0.15, 0.2) is 49.2 Å². The fourth-order valence-corrected chi connectivity index (χ4v) is 4.54. The van der Waals surface area contributed by atoms with Gasteiger partial charge in [0.1, 0.15) is 0 Å². The minimum atomic E-state index is -0.407. The average molecular weight is 429 g/mol. The van der Waals surface area contributed by atoms with Gasteiger partial charge in [0.15, 0.2) is 0 Å². The van der Waals surface area contributed by atoms with Gasteiger partial charge in [0, 0.05) is 28.1 Å². The molecule has 0 saturated carbocycles. The summed E-state index contributed by atoms with van der Waals surface area (Å²) in [5, 5.41) is 0. The van der Waals surface area contributed by atoms with Gasteiger partial charge in [-0.25, -0.2) is 0 Å². The van der Waals surface area contributed by atoms with Crippen LogP contribution in [0.3, 0.4) is 0 Å². The predicted molar refractivity (Wildman–Crippen MR) is 134 cm³/mol. The summed E-state index contributed by atoms with van der Waals surface area (Å²) in [7, 11) is -0.407. The first-order chi connectivity index (χ1) is 14.6. The van der Waals surface area contributed by atoms with Crippen molar-refractivity contribution >= 4 is 18.2 Å². The SMILES string of the molecule is C=C(c1ccc(B2OC(C)(C)C(C)(C)O2)cn1)c1cc2c(cc1C)C(C)(C)C=CC2(C)C. The minimum Gasteiger partial charge on any atom is -0.399 e. The summed E-state index contributed by atoms with van der Waals surface area (Å²) >= 11 is 0. The van der Waals surface area contributed by atoms with E-state index in [0.29, 0.717) is 0 Å². The van der Waals surface area contributed by atoms with Crippen molar-refractivity contribution in [1.29, 1.82) is 0 Å². The van der Waals surface area contributed by atoms with Gasteiger partial charge in [-0.1, -0.05) is 58.6 Å². The standard InChI is InChI=1S/C28H36BNO2/c1-18-15-22-23(26(5,6)14-13-25(22,3)4)16-21(18)19(2)24-12-11-20(17-30-24)29-31-27(7,8)28(9,10)32-29/h11-17H,2H2,1,3-10H3. The van der Waals surface area contributed by atoms with Crippen LogP contribution in [0.25, 0.3) is 5.57 Å². The van der Waals surface area contributed by atoms with Gasteiger partial charge in [0.05, 0.1) is 16.9 Å². The molecule has 1 aromatic carbocycles. The summed E-state index contributed by atoms with van der Waals surface area (Å²) in [6.45, 7) is 23.9. The molecule has 0 unspecified atom stereocenters. The molecule has 1 fully saturated rings. The van der Waals surface area contributed by atoms with E-state index >= 15 is 0 Å². The predicted octanol–water partition coefficient (Wildman–Crippen LogP) is 5.88. The van der Waals surface area contributed by atoms with Crippen molar-refractivity contribution in [2.45, 2.75) is 84.3 Å². The lowest BCUT2D eigenvalue weighted by atomic mass is 9.67. The van der Waals surface area contributed by atoms with Gasteiger partial charge < -0.3 is 9.31 Å². The molecule has 0 bridgehead atoms. The zero-order valence-corrected chi connectivity index (χ0v) is 21.1. The van der Waals surface area contributed by atoms with Crippen molar-refractivity contribution in [2.75, 3.05) is 0 Å². The molecule has 3 nitrogen and oxygen atoms in total. The van der Waals surface area contributed by atoms with Gasteiger partial charge in [0.2, 0.25) is 0 Å². The topological polar surface area (TPSA) is 31.4 Å². The normalized spacial score (nSPS) is 22.0. The fraction of sp³-hybridized carbons (Fsp3) is 0.464. The Balaban J connectivity index is 1.65. The maximum Gasteiger partial charge on any atom is 0.496 e. The van der Waals surface area contributed by atoms with Crippen molar-refractivity contribution in [2.24, 2.45) is 0 Å². The third-order valence-corrected chi connectivity index (χ3v) is 7.62. The van der Waals surface area contributed by atoms with Crippen LogP contribution in [0.5, 0.6) is 0 Å². The maximum absolute atomic E-state index is 6.17. The van der Waals surface area contributed by atoms with E-state index in [9.17, 15) is 0 Å². The van der Waals surface area contributed by atoms with E-state index in [0.717, 1.165) is 22.3 Å². The zero-order chi connectivity index (χ0) is 23.7. The molecule has 1 aliphatic heterocycles. The average Bonchev–Trinajstić information content (AvgIpc) is 2.92. The number of aryl methyl sites for hydroxylation is 1. The summed E-state index contributed by atoms with van der Waals surface area (Å²) in [4.78, 5) is 4.74. The molecule has 4 rings (SSSR count). The molecule has 0 amide bonds. The van der Waals surface area contributed by atoms with E-state index in [4.69, 9.17) is 14.3 Å². The van der Waals surface area contributed by atoms with E-state index in [1.807, 2.05) is 18.3 Å². The molecule has 0 atom stereocenters. The van der Waals surface area contributed by atoms with Crippen LogP contribution in [-0.4, -0.2) is 23.3 Å². The highest BCUT2D eigenvalue weighted by Gasteiger charge is 2.51. The van der Waals surface area contributed by atoms with Crippen molar-refractivity contribution in [3.63, 3.8) is 0 Å². The van der Waals surface area contributed by atoms with Crippen LogP contribution in [0.1, 0.15) is 83.3 Å². The van der Waals surface area contributed by atoms with E-state index < -0.39 is 7.12 Å². The summed E-state index contributed by atoms with van der Waals surface area (Å²) in [6, 6.07) is 8.72. The van der Waals surface area contributed by atoms with Gasteiger partial charge in [-0.05, 0) is 69.0 Å². The minimum absolute atomic E-state index is 0.0123. The molecule has 2 aromatic rings. The van der Waals surface area contributed by atoms with Crippen molar-refractivity contribution < 1.29 is 9.31 Å². The Labute approximate surface area is 194 Å². The van der Waals surface area contributed by atoms with Gasteiger partial charge in [0.25, 0.3) is 0 Å². The first kappa shape index (κ1) is 23.0. The highest BCUT2D eigenvalue weighted by molar-refractivity contribution is 6.62. The molecule has 2 aliphatic rings. The molecule has 168 valence electrons. The van der Waals surface area contributed by atoms with Crippen LogP contribution in [0.2, 0.25) is 0 Å². The van der Waals surface area contributed by atoms with Gasteiger partial charge in [-0.3, -0.25) is 4.98 Å². The molecular formula is C28H36BNO2. The second-order valence-corrected chi connectivity index (χ2v) is 11.5. The molecule has 1 saturated heterocycles. The number of benzene rings is 1. The van der Waals surface area contributed by atoms with Crippen LogP contribution < -0.4 is 5.46 Å². The molecule has 2 heterocycles. The largest absolute Gasteiger partial charge is 0.496 e. The van der Waals surface area contributed by atoms with Crippen LogP contribution >= 0.6 is 0 Å². The van der Waals surface area contributed by atoms with Crippen molar-refractivity contribution in [3.05, 3.63) is 77.1 Å². The number of allylic oxidation sites excluding steroid dienone is 2. The van der Waals surface area contributed by atoms with Crippen LogP contribution in [-0.2, 0) is 20.1 Å². The smallest absolute Gasteiger partial charge is 0.399 e. The first-order valence-corrected chi connectivity index (χ1v) is 11.5. The molecule has 32 heavy (non-hydrogen) atoms. The van der Waals surface area contributed by atoms with Gasteiger partial charge in [-0.2, -0.15) is 0 Å². The molecular weight excluding hydrogens is 393 g/mol. The van der Waals surface area contributed by atoms with Gasteiger partial charge in [-0.15, -0.1) is 0 Å². The number of hydrogen-bond donors (Lipinski definition) is 0. The highest BCUT2D eigenvalue weighted by Crippen LogP contribution is 2.43. The number of nitrogens with zero attached hydrogens (tertiary/aromatic N) is 1. The highest BCUT2D eigenvalue weighted by atomic mass is 16.7. The molecule has 0 radical (unpaired) electrons. The van der Waals surface area contributed by atoms with E-state index in [-0.39, 0.29) is 22.0 Å². The monoisotopic (exact) mass is 429 g/mol. The quantitative estimate of drug-likeness (QED) is 0.451. The lowest BCUT2D eigenvalue weighted by Gasteiger charge is -2.37. The number of fused-ring (bicyclic) bond motifs is 1. The number of pyridine rings is 1. The Morgan fingerprint density at radius 3 is 1.88 bits per heavy atom. The van der Waals surface area contributed by atoms with E-state index in [1.165, 1.54) is 16.7 Å². The third-order valence-electron chi connectivity index (χ3n) is 7.62. The first-order valence-electron chi connectivity index (χ1n) is 11.5. The lowest BCUT2D eigenvalue weighted by molar-refractivity contribution is 0.00578. The Morgan fingerprint density at radius 2 is 1.38 bits per heavy atom. The van der Waals surface area contributed by atoms with Crippen LogP contribution in [0.4, 0.5) is 0 Å². The number of hydrogen-bond acceptors (Lipinski definition) is 3. The summed E-state index contributed by atoms with van der Waals surface area (Å²) in [5.41, 5.74) is 7.15. The molecule has 0 N–H and O–H groups in total. The second-order valence-electron chi connectivity index (χ2n) is 11.5. The Morgan fingerprint density at radius 1 is 0.844 bits per heavy atom. The van der Waals surface area contributed by atoms with Gasteiger partial charge >= 0.3 is 7.12 Å². The van der Waals surface area contributed by atoms with E-state index in [1.54, 1.807) is 0 Å². The van der Waals surface area contributed by atoms with Crippen molar-refractivity contribution in [1.82, 2.24) is 4.98 Å². The third kappa shape index (κ3) is 3.68.